The van der Waals surface area contributed by atoms with E-state index in [0.29, 0.717) is 10.9 Å². The quantitative estimate of drug-likeness (QED) is 0.691. The number of carboxylic acids is 1. The smallest absolute Gasteiger partial charge is 0.356 e. The number of hydrogen-bond acceptors (Lipinski definition) is 4. The fraction of sp³-hybridized carbons (Fsp3) is 0.154. The van der Waals surface area contributed by atoms with Crippen molar-refractivity contribution in [2.45, 2.75) is 17.8 Å². The van der Waals surface area contributed by atoms with Gasteiger partial charge in [0.25, 0.3) is 0 Å². The number of aromatic carboxylic acids is 1. The van der Waals surface area contributed by atoms with E-state index in [0.717, 1.165) is 0 Å². The first kappa shape index (κ1) is 13.8. The first-order valence-corrected chi connectivity index (χ1v) is 6.87. The number of hydrogen-bond donors (Lipinski definition) is 1. The minimum Gasteiger partial charge on any atom is -0.476 e. The van der Waals surface area contributed by atoms with Crippen LogP contribution in [0.4, 0.5) is 0 Å². The van der Waals surface area contributed by atoms with E-state index in [9.17, 15) is 4.79 Å². The van der Waals surface area contributed by atoms with Crippen LogP contribution in [-0.4, -0.2) is 21.0 Å². The molecule has 19 heavy (non-hydrogen) atoms. The number of halogens is 1. The van der Waals surface area contributed by atoms with Gasteiger partial charge in [-0.2, -0.15) is 0 Å². The van der Waals surface area contributed by atoms with Crippen molar-refractivity contribution in [3.05, 3.63) is 52.3 Å². The zero-order chi connectivity index (χ0) is 13.8. The third-order valence-corrected chi connectivity index (χ3v) is 3.73. The highest BCUT2D eigenvalue weighted by molar-refractivity contribution is 7.98. The Balaban J connectivity index is 2.14. The summed E-state index contributed by atoms with van der Waals surface area (Å²) in [6.07, 6.45) is 1.32. The lowest BCUT2D eigenvalue weighted by Crippen LogP contribution is -2.03. The minimum absolute atomic E-state index is 0.0488. The molecule has 0 bridgehead atoms. The van der Waals surface area contributed by atoms with Crippen LogP contribution in [0.2, 0.25) is 5.02 Å². The SMILES string of the molecule is Cc1ccccc1CSc1ncc(Cl)c(C(=O)O)n1. The zero-order valence-corrected chi connectivity index (χ0v) is 11.7. The van der Waals surface area contributed by atoms with Crippen molar-refractivity contribution in [2.75, 3.05) is 0 Å². The molecule has 98 valence electrons. The molecule has 1 N–H and O–H groups in total. The van der Waals surface area contributed by atoms with Crippen molar-refractivity contribution in [2.24, 2.45) is 0 Å². The van der Waals surface area contributed by atoms with Gasteiger partial charge in [0.2, 0.25) is 0 Å². The number of thioether (sulfide) groups is 1. The predicted molar refractivity (Wildman–Crippen MR) is 74.7 cm³/mol. The maximum Gasteiger partial charge on any atom is 0.356 e. The molecular weight excluding hydrogens is 284 g/mol. The lowest BCUT2D eigenvalue weighted by Gasteiger charge is -2.05. The molecule has 0 saturated heterocycles. The van der Waals surface area contributed by atoms with Crippen molar-refractivity contribution in [3.63, 3.8) is 0 Å². The molecule has 2 rings (SSSR count). The summed E-state index contributed by atoms with van der Waals surface area (Å²) in [6, 6.07) is 8.00. The number of aryl methyl sites for hydroxylation is 1. The van der Waals surface area contributed by atoms with Crippen LogP contribution in [0.25, 0.3) is 0 Å². The highest BCUT2D eigenvalue weighted by Crippen LogP contribution is 2.23. The molecule has 0 atom stereocenters. The topological polar surface area (TPSA) is 63.1 Å². The summed E-state index contributed by atoms with van der Waals surface area (Å²) in [4.78, 5) is 18.9. The molecule has 1 aromatic carbocycles. The summed E-state index contributed by atoms with van der Waals surface area (Å²) in [5.41, 5.74) is 2.19. The van der Waals surface area contributed by atoms with E-state index in [1.54, 1.807) is 0 Å². The third kappa shape index (κ3) is 3.45. The average Bonchev–Trinajstić information content (AvgIpc) is 2.39. The molecule has 0 amide bonds. The van der Waals surface area contributed by atoms with Gasteiger partial charge >= 0.3 is 5.97 Å². The third-order valence-electron chi connectivity index (χ3n) is 2.54. The molecule has 1 heterocycles. The van der Waals surface area contributed by atoms with Gasteiger partial charge in [-0.25, -0.2) is 14.8 Å². The van der Waals surface area contributed by atoms with E-state index in [1.165, 1.54) is 29.1 Å². The van der Waals surface area contributed by atoms with E-state index < -0.39 is 5.97 Å². The Morgan fingerprint density at radius 1 is 1.42 bits per heavy atom. The van der Waals surface area contributed by atoms with Crippen molar-refractivity contribution >= 4 is 29.3 Å². The molecule has 2 aromatic rings. The number of nitrogens with zero attached hydrogens (tertiary/aromatic N) is 2. The molecule has 0 spiro atoms. The van der Waals surface area contributed by atoms with Crippen LogP contribution in [0.15, 0.2) is 35.6 Å². The van der Waals surface area contributed by atoms with Gasteiger partial charge in [-0.15, -0.1) is 0 Å². The maximum absolute atomic E-state index is 10.9. The molecule has 0 saturated carbocycles. The second kappa shape index (κ2) is 6.04. The highest BCUT2D eigenvalue weighted by atomic mass is 35.5. The molecule has 0 aliphatic carbocycles. The summed E-state index contributed by atoms with van der Waals surface area (Å²) in [5, 5.41) is 9.39. The molecule has 1 aromatic heterocycles. The van der Waals surface area contributed by atoms with E-state index in [-0.39, 0.29) is 10.7 Å². The first-order chi connectivity index (χ1) is 9.08. The van der Waals surface area contributed by atoms with Crippen LogP contribution < -0.4 is 0 Å². The number of aromatic nitrogens is 2. The average molecular weight is 295 g/mol. The number of rotatable bonds is 4. The van der Waals surface area contributed by atoms with E-state index >= 15 is 0 Å². The molecule has 0 fully saturated rings. The Hall–Kier alpha value is -1.59. The Bertz CT molecular complexity index is 619. The fourth-order valence-corrected chi connectivity index (χ4v) is 2.55. The lowest BCUT2D eigenvalue weighted by atomic mass is 10.1. The fourth-order valence-electron chi connectivity index (χ4n) is 1.48. The van der Waals surface area contributed by atoms with Crippen LogP contribution in [-0.2, 0) is 5.75 Å². The van der Waals surface area contributed by atoms with Crippen molar-refractivity contribution < 1.29 is 9.90 Å². The molecule has 4 nitrogen and oxygen atoms in total. The number of carboxylic acid groups (broad SMARTS) is 1. The molecule has 6 heteroatoms. The summed E-state index contributed by atoms with van der Waals surface area (Å²) in [5.74, 6) is -0.460. The largest absolute Gasteiger partial charge is 0.476 e. The van der Waals surface area contributed by atoms with Crippen molar-refractivity contribution in [1.82, 2.24) is 9.97 Å². The van der Waals surface area contributed by atoms with Gasteiger partial charge in [-0.3, -0.25) is 0 Å². The molecule has 0 radical (unpaired) electrons. The second-order valence-electron chi connectivity index (χ2n) is 3.87. The summed E-state index contributed by atoms with van der Waals surface area (Å²) in [6.45, 7) is 2.03. The maximum atomic E-state index is 10.9. The van der Waals surface area contributed by atoms with Crippen LogP contribution in [0.5, 0.6) is 0 Å². The Morgan fingerprint density at radius 2 is 2.16 bits per heavy atom. The second-order valence-corrected chi connectivity index (χ2v) is 5.22. The Morgan fingerprint density at radius 3 is 2.84 bits per heavy atom. The van der Waals surface area contributed by atoms with Gasteiger partial charge in [-0.1, -0.05) is 47.6 Å². The first-order valence-electron chi connectivity index (χ1n) is 5.51. The Kier molecular flexibility index (Phi) is 4.39. The summed E-state index contributed by atoms with van der Waals surface area (Å²) < 4.78 is 0. The Labute approximate surface area is 119 Å². The zero-order valence-electron chi connectivity index (χ0n) is 10.1. The van der Waals surface area contributed by atoms with E-state index in [1.807, 2.05) is 31.2 Å². The monoisotopic (exact) mass is 294 g/mol. The predicted octanol–water partition coefficient (Wildman–Crippen LogP) is 3.43. The van der Waals surface area contributed by atoms with Crippen molar-refractivity contribution in [3.8, 4) is 0 Å². The van der Waals surface area contributed by atoms with Gasteiger partial charge < -0.3 is 5.11 Å². The molecule has 0 aliphatic rings. The van der Waals surface area contributed by atoms with Gasteiger partial charge in [-0.05, 0) is 18.1 Å². The summed E-state index contributed by atoms with van der Waals surface area (Å²) in [7, 11) is 0. The van der Waals surface area contributed by atoms with Crippen LogP contribution in [0.3, 0.4) is 0 Å². The highest BCUT2D eigenvalue weighted by Gasteiger charge is 2.12. The minimum atomic E-state index is -1.15. The molecular formula is C13H11ClN2O2S. The molecule has 0 aliphatic heterocycles. The lowest BCUT2D eigenvalue weighted by molar-refractivity contribution is 0.0689. The van der Waals surface area contributed by atoms with Gasteiger partial charge in [0.05, 0.1) is 11.2 Å². The summed E-state index contributed by atoms with van der Waals surface area (Å²) >= 11 is 7.10. The normalized spacial score (nSPS) is 10.4. The standard InChI is InChI=1S/C13H11ClN2O2S/c1-8-4-2-3-5-9(8)7-19-13-15-6-10(14)11(16-13)12(17)18/h2-6H,7H2,1H3,(H,17,18). The number of carbonyl (C=O) groups is 1. The van der Waals surface area contributed by atoms with Gasteiger partial charge in [0.1, 0.15) is 0 Å². The molecule has 0 unspecified atom stereocenters. The van der Waals surface area contributed by atoms with E-state index in [2.05, 4.69) is 9.97 Å². The van der Waals surface area contributed by atoms with E-state index in [4.69, 9.17) is 16.7 Å². The van der Waals surface area contributed by atoms with Crippen LogP contribution in [0.1, 0.15) is 21.6 Å². The van der Waals surface area contributed by atoms with Crippen LogP contribution >= 0.6 is 23.4 Å². The van der Waals surface area contributed by atoms with Crippen molar-refractivity contribution in [1.29, 1.82) is 0 Å². The number of benzene rings is 1. The van der Waals surface area contributed by atoms with Gasteiger partial charge in [0, 0.05) is 5.75 Å². The van der Waals surface area contributed by atoms with Crippen LogP contribution in [0, 0.1) is 6.92 Å². The van der Waals surface area contributed by atoms with Gasteiger partial charge in [0.15, 0.2) is 10.9 Å².